The summed E-state index contributed by atoms with van der Waals surface area (Å²) in [5, 5.41) is 0.877. The molecule has 3 heteroatoms. The van der Waals surface area contributed by atoms with E-state index in [0.29, 0.717) is 5.92 Å². The summed E-state index contributed by atoms with van der Waals surface area (Å²) < 4.78 is 0.825. The van der Waals surface area contributed by atoms with E-state index in [2.05, 4.69) is 0 Å². The molecule has 0 unspecified atom stereocenters. The van der Waals surface area contributed by atoms with Crippen LogP contribution in [-0.2, 0) is 0 Å². The average molecular weight is 235 g/mol. The van der Waals surface area contributed by atoms with Crippen molar-refractivity contribution >= 4 is 34.5 Å². The maximum atomic E-state index is 6.10. The molecule has 0 aromatic carbocycles. The first-order chi connectivity index (χ1) is 6.27. The molecule has 2 rings (SSSR count). The summed E-state index contributed by atoms with van der Waals surface area (Å²) in [6, 6.07) is 1.87. The van der Waals surface area contributed by atoms with Crippen LogP contribution < -0.4 is 0 Å². The van der Waals surface area contributed by atoms with Crippen molar-refractivity contribution in [1.82, 2.24) is 0 Å². The highest BCUT2D eigenvalue weighted by molar-refractivity contribution is 7.16. The molecule has 0 radical (unpaired) electrons. The Kier molecular flexibility index (Phi) is 3.18. The van der Waals surface area contributed by atoms with Crippen LogP contribution in [0.2, 0.25) is 9.36 Å². The zero-order valence-electron chi connectivity index (χ0n) is 7.35. The van der Waals surface area contributed by atoms with Crippen molar-refractivity contribution < 1.29 is 0 Å². The van der Waals surface area contributed by atoms with Crippen molar-refractivity contribution in [3.05, 3.63) is 20.3 Å². The van der Waals surface area contributed by atoms with Gasteiger partial charge in [-0.25, -0.2) is 0 Å². The van der Waals surface area contributed by atoms with Gasteiger partial charge in [-0.05, 0) is 24.8 Å². The molecule has 0 atom stereocenters. The maximum Gasteiger partial charge on any atom is 0.0946 e. The summed E-state index contributed by atoms with van der Waals surface area (Å²) in [4.78, 5) is 1.31. The van der Waals surface area contributed by atoms with Crippen LogP contribution in [0.25, 0.3) is 0 Å². The van der Waals surface area contributed by atoms with Crippen molar-refractivity contribution in [2.24, 2.45) is 0 Å². The van der Waals surface area contributed by atoms with E-state index >= 15 is 0 Å². The number of rotatable bonds is 1. The largest absolute Gasteiger partial charge is 0.127 e. The minimum absolute atomic E-state index is 0.679. The fourth-order valence-electron chi connectivity index (χ4n) is 2.00. The minimum Gasteiger partial charge on any atom is -0.127 e. The van der Waals surface area contributed by atoms with Crippen LogP contribution in [0.15, 0.2) is 6.07 Å². The highest BCUT2D eigenvalue weighted by atomic mass is 35.5. The van der Waals surface area contributed by atoms with Gasteiger partial charge in [0.15, 0.2) is 0 Å². The van der Waals surface area contributed by atoms with E-state index in [1.807, 2.05) is 6.07 Å². The van der Waals surface area contributed by atoms with E-state index in [-0.39, 0.29) is 0 Å². The summed E-state index contributed by atoms with van der Waals surface area (Å²) >= 11 is 13.7. The molecular formula is C10H12Cl2S. The Morgan fingerprint density at radius 3 is 2.38 bits per heavy atom. The fraction of sp³-hybridized carbons (Fsp3) is 0.600. The molecule has 0 aliphatic heterocycles. The van der Waals surface area contributed by atoms with Gasteiger partial charge in [-0.15, -0.1) is 11.3 Å². The van der Waals surface area contributed by atoms with Gasteiger partial charge in [-0.1, -0.05) is 42.5 Å². The van der Waals surface area contributed by atoms with Crippen LogP contribution in [-0.4, -0.2) is 0 Å². The van der Waals surface area contributed by atoms with Crippen LogP contribution in [0, 0.1) is 0 Å². The number of hydrogen-bond donors (Lipinski definition) is 0. The van der Waals surface area contributed by atoms with Gasteiger partial charge >= 0.3 is 0 Å². The zero-order chi connectivity index (χ0) is 9.26. The lowest BCUT2D eigenvalue weighted by Gasteiger charge is -2.20. The van der Waals surface area contributed by atoms with Crippen LogP contribution >= 0.6 is 34.5 Å². The van der Waals surface area contributed by atoms with Crippen molar-refractivity contribution in [2.45, 2.75) is 38.0 Å². The Bertz CT molecular complexity index is 287. The molecule has 0 amide bonds. The highest BCUT2D eigenvalue weighted by Crippen LogP contribution is 2.42. The summed E-state index contributed by atoms with van der Waals surface area (Å²) in [5.41, 5.74) is 0. The second-order valence-corrected chi connectivity index (χ2v) is 5.72. The molecule has 1 fully saturated rings. The monoisotopic (exact) mass is 234 g/mol. The SMILES string of the molecule is Clc1cc(Cl)c(C2CCCCC2)s1. The van der Waals surface area contributed by atoms with E-state index in [0.717, 1.165) is 9.36 Å². The Morgan fingerprint density at radius 2 is 1.85 bits per heavy atom. The molecular weight excluding hydrogens is 223 g/mol. The van der Waals surface area contributed by atoms with Gasteiger partial charge in [0.25, 0.3) is 0 Å². The van der Waals surface area contributed by atoms with E-state index in [9.17, 15) is 0 Å². The normalized spacial score (nSPS) is 19.2. The molecule has 13 heavy (non-hydrogen) atoms. The van der Waals surface area contributed by atoms with Crippen LogP contribution in [0.5, 0.6) is 0 Å². The lowest BCUT2D eigenvalue weighted by molar-refractivity contribution is 0.448. The average Bonchev–Trinajstić information content (AvgIpc) is 2.47. The summed E-state index contributed by atoms with van der Waals surface area (Å²) in [5.74, 6) is 0.679. The van der Waals surface area contributed by atoms with Gasteiger partial charge in [0.1, 0.15) is 0 Å². The smallest absolute Gasteiger partial charge is 0.0946 e. The van der Waals surface area contributed by atoms with Gasteiger partial charge in [0, 0.05) is 4.88 Å². The topological polar surface area (TPSA) is 0 Å². The van der Waals surface area contributed by atoms with Crippen molar-refractivity contribution in [3.8, 4) is 0 Å². The van der Waals surface area contributed by atoms with E-state index < -0.39 is 0 Å². The first-order valence-corrected chi connectivity index (χ1v) is 6.29. The summed E-state index contributed by atoms with van der Waals surface area (Å²) in [6.45, 7) is 0. The van der Waals surface area contributed by atoms with Gasteiger partial charge in [-0.3, -0.25) is 0 Å². The molecule has 0 nitrogen and oxygen atoms in total. The van der Waals surface area contributed by atoms with Crippen molar-refractivity contribution in [2.75, 3.05) is 0 Å². The van der Waals surface area contributed by atoms with Gasteiger partial charge in [0.05, 0.1) is 9.36 Å². The molecule has 0 spiro atoms. The molecule has 0 saturated heterocycles. The van der Waals surface area contributed by atoms with Gasteiger partial charge < -0.3 is 0 Å². The summed E-state index contributed by atoms with van der Waals surface area (Å²) in [6.07, 6.45) is 6.65. The van der Waals surface area contributed by atoms with Crippen LogP contribution in [0.1, 0.15) is 42.9 Å². The van der Waals surface area contributed by atoms with E-state index in [1.54, 1.807) is 11.3 Å². The zero-order valence-corrected chi connectivity index (χ0v) is 9.68. The molecule has 1 heterocycles. The maximum absolute atomic E-state index is 6.10. The number of hydrogen-bond acceptors (Lipinski definition) is 1. The standard InChI is InChI=1S/C10H12Cl2S/c11-8-6-9(12)13-10(8)7-4-2-1-3-5-7/h6-7H,1-5H2. The third-order valence-corrected chi connectivity index (χ3v) is 4.51. The molecule has 1 aliphatic carbocycles. The Labute approximate surface area is 92.9 Å². The molecule has 72 valence electrons. The Morgan fingerprint density at radius 1 is 1.15 bits per heavy atom. The molecule has 0 bridgehead atoms. The third kappa shape index (κ3) is 2.20. The lowest BCUT2D eigenvalue weighted by Crippen LogP contribution is -2.02. The first kappa shape index (κ1) is 9.82. The molecule has 0 N–H and O–H groups in total. The molecule has 1 aromatic heterocycles. The van der Waals surface area contributed by atoms with Crippen molar-refractivity contribution in [1.29, 1.82) is 0 Å². The number of thiophene rings is 1. The molecule has 1 saturated carbocycles. The Balaban J connectivity index is 2.18. The van der Waals surface area contributed by atoms with Crippen LogP contribution in [0.4, 0.5) is 0 Å². The predicted molar refractivity (Wildman–Crippen MR) is 60.2 cm³/mol. The second kappa shape index (κ2) is 4.20. The quantitative estimate of drug-likeness (QED) is 0.635. The lowest BCUT2D eigenvalue weighted by atomic mass is 9.88. The van der Waals surface area contributed by atoms with E-state index in [1.165, 1.54) is 37.0 Å². The molecule has 1 aromatic rings. The fourth-order valence-corrected chi connectivity index (χ4v) is 3.80. The van der Waals surface area contributed by atoms with Gasteiger partial charge in [-0.2, -0.15) is 0 Å². The molecule has 1 aliphatic rings. The highest BCUT2D eigenvalue weighted by Gasteiger charge is 2.20. The first-order valence-electron chi connectivity index (χ1n) is 4.72. The minimum atomic E-state index is 0.679. The number of halogens is 2. The van der Waals surface area contributed by atoms with Crippen LogP contribution in [0.3, 0.4) is 0 Å². The Hall–Kier alpha value is 0.280. The van der Waals surface area contributed by atoms with Crippen molar-refractivity contribution in [3.63, 3.8) is 0 Å². The predicted octanol–water partition coefficient (Wildman–Crippen LogP) is 5.10. The summed E-state index contributed by atoms with van der Waals surface area (Å²) in [7, 11) is 0. The van der Waals surface area contributed by atoms with Gasteiger partial charge in [0.2, 0.25) is 0 Å². The second-order valence-electron chi connectivity index (χ2n) is 3.60. The third-order valence-electron chi connectivity index (χ3n) is 2.66. The van der Waals surface area contributed by atoms with E-state index in [4.69, 9.17) is 23.2 Å².